The molecule has 1 aliphatic carbocycles. The van der Waals surface area contributed by atoms with Gasteiger partial charge in [0.15, 0.2) is 0 Å². The van der Waals surface area contributed by atoms with Crippen LogP contribution in [0.15, 0.2) is 12.3 Å². The summed E-state index contributed by atoms with van der Waals surface area (Å²) in [4.78, 5) is 7.66. The Hall–Kier alpha value is -1.06. The van der Waals surface area contributed by atoms with Crippen molar-refractivity contribution in [3.05, 3.63) is 28.5 Å². The minimum Gasteiger partial charge on any atom is -0.381 e. The summed E-state index contributed by atoms with van der Waals surface area (Å²) in [6.45, 7) is 0. The lowest BCUT2D eigenvalue weighted by Gasteiger charge is -2.20. The van der Waals surface area contributed by atoms with Crippen molar-refractivity contribution >= 4 is 22.6 Å². The minimum atomic E-state index is 0.319. The second-order valence-corrected chi connectivity index (χ2v) is 4.61. The molecule has 1 aliphatic rings. The number of hydrogen-bond acceptors (Lipinski definition) is 2. The maximum atomic E-state index is 6.21. The van der Waals surface area contributed by atoms with Crippen LogP contribution >= 0.6 is 11.6 Å². The monoisotopic (exact) mass is 236 g/mol. The molecule has 4 heteroatoms. The SMILES string of the molecule is COC1CCc2c([nH]c3nccc(Cl)c23)C1. The number of pyridine rings is 1. The first kappa shape index (κ1) is 10.1. The van der Waals surface area contributed by atoms with Crippen LogP contribution in [0.3, 0.4) is 0 Å². The summed E-state index contributed by atoms with van der Waals surface area (Å²) >= 11 is 6.21. The second kappa shape index (κ2) is 3.75. The van der Waals surface area contributed by atoms with Crippen LogP contribution in [0.4, 0.5) is 0 Å². The van der Waals surface area contributed by atoms with Gasteiger partial charge in [-0.1, -0.05) is 11.6 Å². The molecule has 0 amide bonds. The lowest BCUT2D eigenvalue weighted by Crippen LogP contribution is -2.20. The Morgan fingerprint density at radius 3 is 3.25 bits per heavy atom. The van der Waals surface area contributed by atoms with Gasteiger partial charge in [0.1, 0.15) is 5.65 Å². The number of aromatic amines is 1. The van der Waals surface area contributed by atoms with E-state index < -0.39 is 0 Å². The molecule has 0 saturated heterocycles. The third-order valence-electron chi connectivity index (χ3n) is 3.32. The smallest absolute Gasteiger partial charge is 0.139 e. The van der Waals surface area contributed by atoms with E-state index >= 15 is 0 Å². The van der Waals surface area contributed by atoms with Crippen molar-refractivity contribution in [1.82, 2.24) is 9.97 Å². The van der Waals surface area contributed by atoms with Crippen molar-refractivity contribution in [3.8, 4) is 0 Å². The number of nitrogens with zero attached hydrogens (tertiary/aromatic N) is 1. The number of fused-ring (bicyclic) bond motifs is 3. The van der Waals surface area contributed by atoms with E-state index in [1.165, 1.54) is 11.3 Å². The molecule has 1 N–H and O–H groups in total. The Morgan fingerprint density at radius 2 is 2.44 bits per heavy atom. The number of methoxy groups -OCH3 is 1. The topological polar surface area (TPSA) is 37.9 Å². The Labute approximate surface area is 98.8 Å². The molecule has 0 fully saturated rings. The van der Waals surface area contributed by atoms with Crippen LogP contribution < -0.4 is 0 Å². The standard InChI is InChI=1S/C12H13ClN2O/c1-16-7-2-3-8-10(6-7)15-12-11(8)9(13)4-5-14-12/h4-5,7H,2-3,6H2,1H3,(H,14,15). The summed E-state index contributed by atoms with van der Waals surface area (Å²) < 4.78 is 5.40. The van der Waals surface area contributed by atoms with Crippen LogP contribution in [0.25, 0.3) is 11.0 Å². The number of hydrogen-bond donors (Lipinski definition) is 1. The molecule has 0 aromatic carbocycles. The molecule has 1 unspecified atom stereocenters. The number of aromatic nitrogens is 2. The zero-order valence-corrected chi connectivity index (χ0v) is 9.84. The molecular weight excluding hydrogens is 224 g/mol. The fourth-order valence-corrected chi connectivity index (χ4v) is 2.74. The third kappa shape index (κ3) is 1.43. The number of aryl methyl sites for hydroxylation is 1. The van der Waals surface area contributed by atoms with Gasteiger partial charge in [0.05, 0.1) is 11.1 Å². The Balaban J connectivity index is 2.17. The molecule has 0 spiro atoms. The molecule has 0 aliphatic heterocycles. The average Bonchev–Trinajstić information content (AvgIpc) is 2.67. The molecule has 0 saturated carbocycles. The lowest BCUT2D eigenvalue weighted by molar-refractivity contribution is 0.0905. The van der Waals surface area contributed by atoms with Gasteiger partial charge in [-0.2, -0.15) is 0 Å². The first-order valence-electron chi connectivity index (χ1n) is 5.46. The zero-order chi connectivity index (χ0) is 11.1. The zero-order valence-electron chi connectivity index (χ0n) is 9.09. The first-order chi connectivity index (χ1) is 7.79. The molecule has 16 heavy (non-hydrogen) atoms. The van der Waals surface area contributed by atoms with Gasteiger partial charge in [0.25, 0.3) is 0 Å². The summed E-state index contributed by atoms with van der Waals surface area (Å²) in [5.41, 5.74) is 3.45. The highest BCUT2D eigenvalue weighted by molar-refractivity contribution is 6.35. The Morgan fingerprint density at radius 1 is 1.56 bits per heavy atom. The van der Waals surface area contributed by atoms with Crippen LogP contribution in [0.1, 0.15) is 17.7 Å². The number of rotatable bonds is 1. The highest BCUT2D eigenvalue weighted by Crippen LogP contribution is 2.33. The van der Waals surface area contributed by atoms with Crippen molar-refractivity contribution in [2.45, 2.75) is 25.4 Å². The molecule has 2 aromatic heterocycles. The van der Waals surface area contributed by atoms with E-state index in [0.717, 1.165) is 35.3 Å². The van der Waals surface area contributed by atoms with Crippen molar-refractivity contribution < 1.29 is 4.74 Å². The summed E-state index contributed by atoms with van der Waals surface area (Å²) in [7, 11) is 1.77. The number of nitrogens with one attached hydrogen (secondary N) is 1. The van der Waals surface area contributed by atoms with Gasteiger partial charge in [0, 0.05) is 30.8 Å². The van der Waals surface area contributed by atoms with E-state index in [9.17, 15) is 0 Å². The predicted octanol–water partition coefficient (Wildman–Crippen LogP) is 2.72. The molecular formula is C12H13ClN2O. The third-order valence-corrected chi connectivity index (χ3v) is 3.63. The van der Waals surface area contributed by atoms with Gasteiger partial charge >= 0.3 is 0 Å². The molecule has 2 heterocycles. The van der Waals surface area contributed by atoms with E-state index in [2.05, 4.69) is 9.97 Å². The maximum absolute atomic E-state index is 6.21. The van der Waals surface area contributed by atoms with E-state index in [0.29, 0.717) is 6.10 Å². The number of halogens is 1. The van der Waals surface area contributed by atoms with Gasteiger partial charge in [0.2, 0.25) is 0 Å². The first-order valence-corrected chi connectivity index (χ1v) is 5.84. The molecule has 0 bridgehead atoms. The Bertz CT molecular complexity index is 535. The fraction of sp³-hybridized carbons (Fsp3) is 0.417. The second-order valence-electron chi connectivity index (χ2n) is 4.20. The molecule has 3 nitrogen and oxygen atoms in total. The van der Waals surface area contributed by atoms with Crippen LogP contribution in [-0.4, -0.2) is 23.2 Å². The molecule has 2 aromatic rings. The predicted molar refractivity (Wildman–Crippen MR) is 63.9 cm³/mol. The van der Waals surface area contributed by atoms with E-state index in [4.69, 9.17) is 16.3 Å². The largest absolute Gasteiger partial charge is 0.381 e. The fourth-order valence-electron chi connectivity index (χ4n) is 2.48. The van der Waals surface area contributed by atoms with E-state index in [1.807, 2.05) is 6.07 Å². The van der Waals surface area contributed by atoms with Crippen molar-refractivity contribution in [2.75, 3.05) is 7.11 Å². The van der Waals surface area contributed by atoms with Crippen molar-refractivity contribution in [1.29, 1.82) is 0 Å². The highest BCUT2D eigenvalue weighted by Gasteiger charge is 2.23. The summed E-state index contributed by atoms with van der Waals surface area (Å²) in [5, 5.41) is 1.88. The molecule has 0 radical (unpaired) electrons. The average molecular weight is 237 g/mol. The van der Waals surface area contributed by atoms with E-state index in [-0.39, 0.29) is 0 Å². The van der Waals surface area contributed by atoms with E-state index in [1.54, 1.807) is 13.3 Å². The van der Waals surface area contributed by atoms with Crippen LogP contribution in [0.2, 0.25) is 5.02 Å². The molecule has 1 atom stereocenters. The maximum Gasteiger partial charge on any atom is 0.139 e. The minimum absolute atomic E-state index is 0.319. The van der Waals surface area contributed by atoms with Gasteiger partial charge in [-0.15, -0.1) is 0 Å². The Kier molecular flexibility index (Phi) is 2.37. The lowest BCUT2D eigenvalue weighted by atomic mass is 9.94. The van der Waals surface area contributed by atoms with Gasteiger partial charge in [-0.25, -0.2) is 4.98 Å². The number of ether oxygens (including phenoxy) is 1. The number of H-pyrrole nitrogens is 1. The summed E-state index contributed by atoms with van der Waals surface area (Å²) in [5.74, 6) is 0. The quantitative estimate of drug-likeness (QED) is 0.827. The summed E-state index contributed by atoms with van der Waals surface area (Å²) in [6, 6.07) is 1.85. The normalized spacial score (nSPS) is 20.0. The van der Waals surface area contributed by atoms with Crippen molar-refractivity contribution in [3.63, 3.8) is 0 Å². The molecule has 84 valence electrons. The van der Waals surface area contributed by atoms with Crippen LogP contribution in [0.5, 0.6) is 0 Å². The van der Waals surface area contributed by atoms with Gasteiger partial charge in [-0.3, -0.25) is 0 Å². The molecule has 3 rings (SSSR count). The van der Waals surface area contributed by atoms with Gasteiger partial charge < -0.3 is 9.72 Å². The van der Waals surface area contributed by atoms with Crippen LogP contribution in [0, 0.1) is 0 Å². The highest BCUT2D eigenvalue weighted by atomic mass is 35.5. The van der Waals surface area contributed by atoms with Gasteiger partial charge in [-0.05, 0) is 24.5 Å². The van der Waals surface area contributed by atoms with Crippen molar-refractivity contribution in [2.24, 2.45) is 0 Å². The summed E-state index contributed by atoms with van der Waals surface area (Å²) in [6.07, 6.45) is 5.05. The van der Waals surface area contributed by atoms with Crippen LogP contribution in [-0.2, 0) is 17.6 Å².